The Morgan fingerprint density at radius 2 is 1.73 bits per heavy atom. The highest BCUT2D eigenvalue weighted by Gasteiger charge is 2.35. The zero-order valence-electron chi connectivity index (χ0n) is 17.5. The summed E-state index contributed by atoms with van der Waals surface area (Å²) in [5.74, 6) is -0.464. The van der Waals surface area contributed by atoms with E-state index in [9.17, 15) is 18.0 Å². The van der Waals surface area contributed by atoms with E-state index in [1.807, 2.05) is 20.8 Å². The molecule has 30 heavy (non-hydrogen) atoms. The zero-order chi connectivity index (χ0) is 21.9. The summed E-state index contributed by atoms with van der Waals surface area (Å²) in [4.78, 5) is 24.4. The molecule has 2 atom stereocenters. The maximum Gasteiger partial charge on any atom is 0.276 e. The molecule has 0 saturated carbocycles. The van der Waals surface area contributed by atoms with Crippen molar-refractivity contribution in [3.8, 4) is 0 Å². The van der Waals surface area contributed by atoms with Gasteiger partial charge < -0.3 is 5.32 Å². The van der Waals surface area contributed by atoms with Crippen LogP contribution in [0.1, 0.15) is 56.9 Å². The fraction of sp³-hybridized carbons (Fsp3) is 0.476. The number of carbonyl (C=O) groups excluding carboxylic acids is 1. The van der Waals surface area contributed by atoms with E-state index >= 15 is 0 Å². The second-order valence-corrected chi connectivity index (χ2v) is 9.57. The van der Waals surface area contributed by atoms with Crippen LogP contribution >= 0.6 is 0 Å². The van der Waals surface area contributed by atoms with Crippen molar-refractivity contribution in [2.45, 2.75) is 70.0 Å². The van der Waals surface area contributed by atoms with E-state index < -0.39 is 15.9 Å². The first-order valence-corrected chi connectivity index (χ1v) is 11.7. The molecule has 1 aliphatic heterocycles. The first-order chi connectivity index (χ1) is 14.2. The number of hydrogen-bond donors (Lipinski definition) is 1. The average molecular weight is 433 g/mol. The standard InChI is InChI=1S/C21H28N4O4S/c1-4-14-24-20(26)13-12-19(23-24)21(27)22-17-8-10-18(11-9-17)30(28,29)25-15(2)6-5-7-16(25)3/h8-13,15-16H,4-7,14H2,1-3H3,(H,22,27)/t15-,16-/m0/s1. The third kappa shape index (κ3) is 4.62. The maximum absolute atomic E-state index is 13.1. The summed E-state index contributed by atoms with van der Waals surface area (Å²) in [6, 6.07) is 8.74. The van der Waals surface area contributed by atoms with Gasteiger partial charge in [0, 0.05) is 30.4 Å². The molecule has 162 valence electrons. The number of rotatable bonds is 6. The van der Waals surface area contributed by atoms with Crippen LogP contribution in [0.2, 0.25) is 0 Å². The number of aromatic nitrogens is 2. The molecule has 2 heterocycles. The van der Waals surface area contributed by atoms with Crippen molar-refractivity contribution in [3.05, 3.63) is 52.4 Å². The van der Waals surface area contributed by atoms with Crippen molar-refractivity contribution >= 4 is 21.6 Å². The molecule has 0 bridgehead atoms. The van der Waals surface area contributed by atoms with Gasteiger partial charge in [0.2, 0.25) is 10.0 Å². The highest BCUT2D eigenvalue weighted by atomic mass is 32.2. The summed E-state index contributed by atoms with van der Waals surface area (Å²) in [6.07, 6.45) is 3.46. The molecule has 8 nitrogen and oxygen atoms in total. The molecular weight excluding hydrogens is 404 g/mol. The van der Waals surface area contributed by atoms with Gasteiger partial charge in [-0.2, -0.15) is 9.40 Å². The number of aryl methyl sites for hydroxylation is 1. The second kappa shape index (κ2) is 9.09. The van der Waals surface area contributed by atoms with E-state index in [1.54, 1.807) is 16.4 Å². The molecule has 0 spiro atoms. The molecule has 0 aliphatic carbocycles. The van der Waals surface area contributed by atoms with Crippen molar-refractivity contribution < 1.29 is 13.2 Å². The van der Waals surface area contributed by atoms with Gasteiger partial charge in [-0.3, -0.25) is 9.59 Å². The number of hydrogen-bond acceptors (Lipinski definition) is 5. The topological polar surface area (TPSA) is 101 Å². The lowest BCUT2D eigenvalue weighted by Gasteiger charge is -2.37. The minimum atomic E-state index is -3.60. The molecule has 1 aromatic heterocycles. The Kier molecular flexibility index (Phi) is 6.72. The molecular formula is C21H28N4O4S. The van der Waals surface area contributed by atoms with Crippen LogP contribution in [0, 0.1) is 0 Å². The van der Waals surface area contributed by atoms with Crippen molar-refractivity contribution in [2.24, 2.45) is 0 Å². The van der Waals surface area contributed by atoms with Crippen molar-refractivity contribution in [1.29, 1.82) is 0 Å². The predicted octanol–water partition coefficient (Wildman–Crippen LogP) is 2.86. The van der Waals surface area contributed by atoms with Crippen LogP contribution in [0.25, 0.3) is 0 Å². The molecule has 9 heteroatoms. The van der Waals surface area contributed by atoms with E-state index in [-0.39, 0.29) is 28.2 Å². The Labute approximate surface area is 177 Å². The molecule has 1 aromatic carbocycles. The van der Waals surface area contributed by atoms with Gasteiger partial charge in [0.25, 0.3) is 11.5 Å². The minimum absolute atomic E-state index is 0.0389. The van der Waals surface area contributed by atoms with Crippen molar-refractivity contribution in [3.63, 3.8) is 0 Å². The summed E-state index contributed by atoms with van der Waals surface area (Å²) >= 11 is 0. The lowest BCUT2D eigenvalue weighted by atomic mass is 10.0. The number of benzene rings is 1. The van der Waals surface area contributed by atoms with E-state index in [0.717, 1.165) is 25.7 Å². The first kappa shape index (κ1) is 22.2. The fourth-order valence-electron chi connectivity index (χ4n) is 3.84. The Morgan fingerprint density at radius 3 is 2.33 bits per heavy atom. The van der Waals surface area contributed by atoms with E-state index in [4.69, 9.17) is 0 Å². The van der Waals surface area contributed by atoms with Crippen LogP contribution in [0.3, 0.4) is 0 Å². The van der Waals surface area contributed by atoms with Crippen LogP contribution in [-0.2, 0) is 16.6 Å². The minimum Gasteiger partial charge on any atom is -0.321 e. The van der Waals surface area contributed by atoms with Crippen LogP contribution in [0.4, 0.5) is 5.69 Å². The second-order valence-electron chi connectivity index (χ2n) is 7.72. The molecule has 1 amide bonds. The van der Waals surface area contributed by atoms with Gasteiger partial charge in [0.15, 0.2) is 0 Å². The molecule has 2 aromatic rings. The molecule has 3 rings (SSSR count). The monoisotopic (exact) mass is 432 g/mol. The highest BCUT2D eigenvalue weighted by Crippen LogP contribution is 2.29. The van der Waals surface area contributed by atoms with Crippen LogP contribution in [-0.4, -0.2) is 40.5 Å². The van der Waals surface area contributed by atoms with Gasteiger partial charge in [-0.1, -0.05) is 13.3 Å². The normalized spacial score (nSPS) is 20.1. The molecule has 1 aliphatic rings. The molecule has 1 saturated heterocycles. The SMILES string of the molecule is CCCn1nc(C(=O)Nc2ccc(S(=O)(=O)N3[C@@H](C)CCC[C@@H]3C)cc2)ccc1=O. The third-order valence-electron chi connectivity index (χ3n) is 5.33. The Hall–Kier alpha value is -2.52. The van der Waals surface area contributed by atoms with Crippen molar-refractivity contribution in [1.82, 2.24) is 14.1 Å². The predicted molar refractivity (Wildman–Crippen MR) is 115 cm³/mol. The van der Waals surface area contributed by atoms with Gasteiger partial charge >= 0.3 is 0 Å². The number of anilines is 1. The largest absolute Gasteiger partial charge is 0.321 e. The van der Waals surface area contributed by atoms with E-state index in [2.05, 4.69) is 10.4 Å². The Bertz CT molecular complexity index is 1050. The number of nitrogens with one attached hydrogen (secondary N) is 1. The number of nitrogens with zero attached hydrogens (tertiary/aromatic N) is 3. The van der Waals surface area contributed by atoms with Gasteiger partial charge in [-0.05, 0) is 63.4 Å². The van der Waals surface area contributed by atoms with Gasteiger partial charge in [-0.15, -0.1) is 0 Å². The van der Waals surface area contributed by atoms with Gasteiger partial charge in [0.05, 0.1) is 4.90 Å². The van der Waals surface area contributed by atoms with Crippen LogP contribution in [0.15, 0.2) is 46.1 Å². The molecule has 1 fully saturated rings. The summed E-state index contributed by atoms with van der Waals surface area (Å²) in [5, 5.41) is 6.78. The van der Waals surface area contributed by atoms with Crippen LogP contribution < -0.4 is 10.9 Å². The number of carbonyl (C=O) groups is 1. The molecule has 0 unspecified atom stereocenters. The summed E-state index contributed by atoms with van der Waals surface area (Å²) in [6.45, 7) is 6.22. The lowest BCUT2D eigenvalue weighted by molar-refractivity contribution is 0.101. The number of sulfonamides is 1. The quantitative estimate of drug-likeness (QED) is 0.756. The van der Waals surface area contributed by atoms with Gasteiger partial charge in [-0.25, -0.2) is 13.1 Å². The summed E-state index contributed by atoms with van der Waals surface area (Å²) in [5.41, 5.74) is 0.313. The Balaban J connectivity index is 1.77. The first-order valence-electron chi connectivity index (χ1n) is 10.3. The summed E-state index contributed by atoms with van der Waals surface area (Å²) in [7, 11) is -3.60. The fourth-order valence-corrected chi connectivity index (χ4v) is 5.72. The van der Waals surface area contributed by atoms with E-state index in [0.29, 0.717) is 12.2 Å². The van der Waals surface area contributed by atoms with Crippen molar-refractivity contribution in [2.75, 3.05) is 5.32 Å². The zero-order valence-corrected chi connectivity index (χ0v) is 18.4. The average Bonchev–Trinajstić information content (AvgIpc) is 2.70. The third-order valence-corrected chi connectivity index (χ3v) is 7.48. The summed E-state index contributed by atoms with van der Waals surface area (Å²) < 4.78 is 29.0. The maximum atomic E-state index is 13.1. The van der Waals surface area contributed by atoms with Gasteiger partial charge in [0.1, 0.15) is 5.69 Å². The highest BCUT2D eigenvalue weighted by molar-refractivity contribution is 7.89. The number of piperidine rings is 1. The molecule has 1 N–H and O–H groups in total. The van der Waals surface area contributed by atoms with E-state index in [1.165, 1.54) is 28.9 Å². The van der Waals surface area contributed by atoms with Crippen LogP contribution in [0.5, 0.6) is 0 Å². The Morgan fingerprint density at radius 1 is 1.10 bits per heavy atom. The molecule has 0 radical (unpaired) electrons. The number of amides is 1. The lowest BCUT2D eigenvalue weighted by Crippen LogP contribution is -2.47. The smallest absolute Gasteiger partial charge is 0.276 e.